The zero-order valence-electron chi connectivity index (χ0n) is 15.2. The Kier molecular flexibility index (Phi) is 8.06. The maximum absolute atomic E-state index is 11.5. The number of guanidine groups is 1. The summed E-state index contributed by atoms with van der Waals surface area (Å²) in [6.45, 7) is 5.58. The zero-order valence-corrected chi connectivity index (χ0v) is 16.0. The number of carbonyl (C=O) groups excluding carboxylic acids is 1. The van der Waals surface area contributed by atoms with Crippen molar-refractivity contribution in [1.82, 2.24) is 15.5 Å². The highest BCUT2D eigenvalue weighted by atomic mass is 35.5. The van der Waals surface area contributed by atoms with Crippen molar-refractivity contribution in [3.8, 4) is 0 Å². The number of nitrogens with one attached hydrogen (secondary N) is 2. The number of benzene rings is 1. The molecule has 0 bridgehead atoms. The first-order chi connectivity index (χ1) is 12.1. The van der Waals surface area contributed by atoms with Crippen LogP contribution >= 0.6 is 11.6 Å². The molecule has 1 aliphatic heterocycles. The second-order valence-corrected chi connectivity index (χ2v) is 6.86. The van der Waals surface area contributed by atoms with Crippen LogP contribution in [0.1, 0.15) is 31.7 Å². The first-order valence-corrected chi connectivity index (χ1v) is 9.48. The summed E-state index contributed by atoms with van der Waals surface area (Å²) in [7, 11) is 1.70. The maximum atomic E-state index is 11.5. The summed E-state index contributed by atoms with van der Waals surface area (Å²) in [5.74, 6) is 1.59. The van der Waals surface area contributed by atoms with Gasteiger partial charge in [-0.05, 0) is 49.8 Å². The van der Waals surface area contributed by atoms with Gasteiger partial charge in [-0.1, -0.05) is 23.7 Å². The van der Waals surface area contributed by atoms with Crippen molar-refractivity contribution in [2.45, 2.75) is 32.6 Å². The molecule has 2 N–H and O–H groups in total. The number of aliphatic imine (C=N–C) groups is 1. The molecule has 5 nitrogen and oxygen atoms in total. The predicted octanol–water partition coefficient (Wildman–Crippen LogP) is 2.70. The smallest absolute Gasteiger partial charge is 0.220 e. The van der Waals surface area contributed by atoms with Gasteiger partial charge in [0.2, 0.25) is 5.91 Å². The Balaban J connectivity index is 1.86. The van der Waals surface area contributed by atoms with Gasteiger partial charge < -0.3 is 15.5 Å². The SMILES string of the molecule is CCNC(=NCCc1cccc(Cl)c1)N1CCC(CC(=O)NC)CC1. The minimum atomic E-state index is 0.139. The van der Waals surface area contributed by atoms with Gasteiger partial charge in [-0.2, -0.15) is 0 Å². The molecule has 0 aliphatic carbocycles. The second kappa shape index (κ2) is 10.3. The maximum Gasteiger partial charge on any atom is 0.220 e. The van der Waals surface area contributed by atoms with E-state index < -0.39 is 0 Å². The van der Waals surface area contributed by atoms with Crippen LogP contribution in [0.5, 0.6) is 0 Å². The lowest BCUT2D eigenvalue weighted by molar-refractivity contribution is -0.121. The van der Waals surface area contributed by atoms with E-state index in [2.05, 4.69) is 28.5 Å². The van der Waals surface area contributed by atoms with E-state index in [4.69, 9.17) is 16.6 Å². The number of likely N-dealkylation sites (tertiary alicyclic amines) is 1. The second-order valence-electron chi connectivity index (χ2n) is 6.42. The Hall–Kier alpha value is -1.75. The van der Waals surface area contributed by atoms with Crippen molar-refractivity contribution in [1.29, 1.82) is 0 Å². The molecule has 0 spiro atoms. The molecular formula is C19H29ClN4O. The van der Waals surface area contributed by atoms with Gasteiger partial charge in [0.15, 0.2) is 5.96 Å². The summed E-state index contributed by atoms with van der Waals surface area (Å²) in [4.78, 5) is 18.6. The number of hydrogen-bond acceptors (Lipinski definition) is 2. The lowest BCUT2D eigenvalue weighted by Gasteiger charge is -2.34. The standard InChI is InChI=1S/C19H29ClN4O/c1-3-22-19(23-10-7-15-5-4-6-17(20)13-15)24-11-8-16(9-12-24)14-18(25)21-2/h4-6,13,16H,3,7-12,14H2,1-2H3,(H,21,25)(H,22,23). The summed E-state index contributed by atoms with van der Waals surface area (Å²) in [6, 6.07) is 7.94. The number of rotatable bonds is 6. The molecule has 0 radical (unpaired) electrons. The molecule has 2 rings (SSSR count). The largest absolute Gasteiger partial charge is 0.359 e. The fourth-order valence-corrected chi connectivity index (χ4v) is 3.34. The van der Waals surface area contributed by atoms with Crippen molar-refractivity contribution in [3.05, 3.63) is 34.9 Å². The molecule has 0 saturated carbocycles. The van der Waals surface area contributed by atoms with E-state index in [9.17, 15) is 4.79 Å². The number of amides is 1. The van der Waals surface area contributed by atoms with Crippen molar-refractivity contribution in [3.63, 3.8) is 0 Å². The Morgan fingerprint density at radius 2 is 2.12 bits per heavy atom. The van der Waals surface area contributed by atoms with Gasteiger partial charge in [-0.15, -0.1) is 0 Å². The van der Waals surface area contributed by atoms with E-state index in [1.807, 2.05) is 18.2 Å². The van der Waals surface area contributed by atoms with Gasteiger partial charge in [-0.3, -0.25) is 9.79 Å². The van der Waals surface area contributed by atoms with Crippen molar-refractivity contribution >= 4 is 23.5 Å². The summed E-state index contributed by atoms with van der Waals surface area (Å²) in [5.41, 5.74) is 1.20. The number of halogens is 1. The number of carbonyl (C=O) groups is 1. The molecule has 1 amide bonds. The minimum Gasteiger partial charge on any atom is -0.359 e. The third-order valence-corrected chi connectivity index (χ3v) is 4.79. The molecule has 138 valence electrons. The average Bonchev–Trinajstić information content (AvgIpc) is 2.62. The van der Waals surface area contributed by atoms with Crippen LogP contribution in [0.4, 0.5) is 0 Å². The Bertz CT molecular complexity index is 583. The highest BCUT2D eigenvalue weighted by Gasteiger charge is 2.22. The highest BCUT2D eigenvalue weighted by Crippen LogP contribution is 2.20. The molecule has 1 saturated heterocycles. The summed E-state index contributed by atoms with van der Waals surface area (Å²) in [5, 5.41) is 6.87. The quantitative estimate of drug-likeness (QED) is 0.602. The van der Waals surface area contributed by atoms with Crippen molar-refractivity contribution in [2.75, 3.05) is 33.2 Å². The fourth-order valence-electron chi connectivity index (χ4n) is 3.12. The Labute approximate surface area is 155 Å². The van der Waals surface area contributed by atoms with Crippen molar-refractivity contribution < 1.29 is 4.79 Å². The third-order valence-electron chi connectivity index (χ3n) is 4.55. The monoisotopic (exact) mass is 364 g/mol. The van der Waals surface area contributed by atoms with E-state index in [0.717, 1.165) is 56.4 Å². The summed E-state index contributed by atoms with van der Waals surface area (Å²) < 4.78 is 0. The molecule has 1 fully saturated rings. The summed E-state index contributed by atoms with van der Waals surface area (Å²) >= 11 is 6.03. The van der Waals surface area contributed by atoms with E-state index in [1.54, 1.807) is 7.05 Å². The van der Waals surface area contributed by atoms with Crippen LogP contribution in [-0.4, -0.2) is 50.0 Å². The predicted molar refractivity (Wildman–Crippen MR) is 104 cm³/mol. The third kappa shape index (κ3) is 6.58. The van der Waals surface area contributed by atoms with Crippen LogP contribution in [0.2, 0.25) is 5.02 Å². The number of hydrogen-bond donors (Lipinski definition) is 2. The molecule has 0 aromatic heterocycles. The van der Waals surface area contributed by atoms with Gasteiger partial charge in [0.05, 0.1) is 0 Å². The number of piperidine rings is 1. The summed E-state index contributed by atoms with van der Waals surface area (Å²) in [6.07, 6.45) is 3.58. The van der Waals surface area contributed by atoms with Crippen LogP contribution in [0.25, 0.3) is 0 Å². The molecule has 6 heteroatoms. The molecule has 1 heterocycles. The first kappa shape index (κ1) is 19.6. The Morgan fingerprint density at radius 3 is 2.76 bits per heavy atom. The molecule has 0 unspecified atom stereocenters. The van der Waals surface area contributed by atoms with Crippen LogP contribution in [0.3, 0.4) is 0 Å². The van der Waals surface area contributed by atoms with Crippen LogP contribution < -0.4 is 10.6 Å². The molecule has 1 aromatic rings. The van der Waals surface area contributed by atoms with Gasteiger partial charge in [-0.25, -0.2) is 0 Å². The van der Waals surface area contributed by atoms with Gasteiger partial charge in [0.1, 0.15) is 0 Å². The van der Waals surface area contributed by atoms with E-state index in [-0.39, 0.29) is 5.91 Å². The molecular weight excluding hydrogens is 336 g/mol. The van der Waals surface area contributed by atoms with E-state index in [1.165, 1.54) is 5.56 Å². The average molecular weight is 365 g/mol. The van der Waals surface area contributed by atoms with E-state index in [0.29, 0.717) is 12.3 Å². The highest BCUT2D eigenvalue weighted by molar-refractivity contribution is 6.30. The van der Waals surface area contributed by atoms with Gasteiger partial charge >= 0.3 is 0 Å². The minimum absolute atomic E-state index is 0.139. The molecule has 0 atom stereocenters. The normalized spacial score (nSPS) is 16.0. The van der Waals surface area contributed by atoms with E-state index >= 15 is 0 Å². The molecule has 1 aromatic carbocycles. The van der Waals surface area contributed by atoms with Crippen LogP contribution in [0, 0.1) is 5.92 Å². The molecule has 25 heavy (non-hydrogen) atoms. The lowest BCUT2D eigenvalue weighted by Crippen LogP contribution is -2.46. The first-order valence-electron chi connectivity index (χ1n) is 9.10. The fraction of sp³-hybridized carbons (Fsp3) is 0.579. The topological polar surface area (TPSA) is 56.7 Å². The van der Waals surface area contributed by atoms with Crippen molar-refractivity contribution in [2.24, 2.45) is 10.9 Å². The van der Waals surface area contributed by atoms with Crippen LogP contribution in [-0.2, 0) is 11.2 Å². The van der Waals surface area contributed by atoms with Gasteiger partial charge in [0.25, 0.3) is 0 Å². The van der Waals surface area contributed by atoms with Gasteiger partial charge in [0, 0.05) is 44.7 Å². The number of nitrogens with zero attached hydrogens (tertiary/aromatic N) is 2. The molecule has 1 aliphatic rings. The lowest BCUT2D eigenvalue weighted by atomic mass is 9.93. The Morgan fingerprint density at radius 1 is 1.36 bits per heavy atom. The zero-order chi connectivity index (χ0) is 18.1. The van der Waals surface area contributed by atoms with Crippen LogP contribution in [0.15, 0.2) is 29.3 Å².